The van der Waals surface area contributed by atoms with Crippen molar-refractivity contribution in [3.63, 3.8) is 0 Å². The van der Waals surface area contributed by atoms with Crippen LogP contribution in [-0.2, 0) is 0 Å². The third-order valence-electron chi connectivity index (χ3n) is 2.53. The van der Waals surface area contributed by atoms with Crippen molar-refractivity contribution >= 4 is 51.4 Å². The number of halogens is 1. The largest absolute Gasteiger partial charge is 0.389 e. The first kappa shape index (κ1) is 14.0. The predicted molar refractivity (Wildman–Crippen MR) is 89.4 cm³/mol. The molecular formula is C14H11IN2OS. The summed E-state index contributed by atoms with van der Waals surface area (Å²) < 4.78 is 1.09. The lowest BCUT2D eigenvalue weighted by Gasteiger charge is -2.06. The van der Waals surface area contributed by atoms with Crippen LogP contribution in [0.25, 0.3) is 0 Å². The molecule has 0 heterocycles. The molecule has 0 fully saturated rings. The molecule has 2 aromatic carbocycles. The summed E-state index contributed by atoms with van der Waals surface area (Å²) in [5, 5.41) is 2.82. The van der Waals surface area contributed by atoms with Gasteiger partial charge >= 0.3 is 0 Å². The van der Waals surface area contributed by atoms with Crippen LogP contribution in [0.1, 0.15) is 15.9 Å². The van der Waals surface area contributed by atoms with Crippen LogP contribution in [-0.4, -0.2) is 10.9 Å². The molecule has 19 heavy (non-hydrogen) atoms. The van der Waals surface area contributed by atoms with Gasteiger partial charge in [-0.25, -0.2) is 0 Å². The van der Waals surface area contributed by atoms with Crippen LogP contribution in [0.2, 0.25) is 0 Å². The third-order valence-corrected chi connectivity index (χ3v) is 3.49. The highest BCUT2D eigenvalue weighted by Crippen LogP contribution is 2.12. The SMILES string of the molecule is NC(=S)c1ccc(NC(=O)c2ccc(I)cc2)cc1. The summed E-state index contributed by atoms with van der Waals surface area (Å²) in [6, 6.07) is 14.5. The number of benzene rings is 2. The molecule has 0 unspecified atom stereocenters. The number of anilines is 1. The molecule has 96 valence electrons. The minimum Gasteiger partial charge on any atom is -0.389 e. The Morgan fingerprint density at radius 2 is 1.53 bits per heavy atom. The Morgan fingerprint density at radius 3 is 2.05 bits per heavy atom. The molecule has 0 radical (unpaired) electrons. The average Bonchev–Trinajstić information content (AvgIpc) is 2.40. The fraction of sp³-hybridized carbons (Fsp3) is 0. The van der Waals surface area contributed by atoms with Crippen molar-refractivity contribution < 1.29 is 4.79 Å². The van der Waals surface area contributed by atoms with E-state index < -0.39 is 0 Å². The summed E-state index contributed by atoms with van der Waals surface area (Å²) in [7, 11) is 0. The fourth-order valence-corrected chi connectivity index (χ4v) is 2.02. The molecule has 3 nitrogen and oxygen atoms in total. The molecule has 0 saturated carbocycles. The highest BCUT2D eigenvalue weighted by atomic mass is 127. The van der Waals surface area contributed by atoms with Crippen LogP contribution in [0.5, 0.6) is 0 Å². The Hall–Kier alpha value is -1.47. The number of thiocarbonyl (C=S) groups is 1. The summed E-state index contributed by atoms with van der Waals surface area (Å²) in [5.74, 6) is -0.139. The molecule has 5 heteroatoms. The molecule has 0 aliphatic heterocycles. The maximum atomic E-state index is 12.0. The van der Waals surface area contributed by atoms with E-state index in [1.54, 1.807) is 36.4 Å². The lowest BCUT2D eigenvalue weighted by Crippen LogP contribution is -2.12. The minimum atomic E-state index is -0.139. The Kier molecular flexibility index (Phi) is 4.49. The fourth-order valence-electron chi connectivity index (χ4n) is 1.52. The second-order valence-electron chi connectivity index (χ2n) is 3.90. The molecule has 0 atom stereocenters. The van der Waals surface area contributed by atoms with Gasteiger partial charge in [0.05, 0.1) is 0 Å². The zero-order chi connectivity index (χ0) is 13.8. The third kappa shape index (κ3) is 3.74. The van der Waals surface area contributed by atoms with Crippen LogP contribution < -0.4 is 11.1 Å². The highest BCUT2D eigenvalue weighted by molar-refractivity contribution is 14.1. The molecule has 0 aliphatic carbocycles. The van der Waals surface area contributed by atoms with Crippen molar-refractivity contribution in [2.75, 3.05) is 5.32 Å². The number of carbonyl (C=O) groups is 1. The van der Waals surface area contributed by atoms with Crippen molar-refractivity contribution in [3.8, 4) is 0 Å². The summed E-state index contributed by atoms with van der Waals surface area (Å²) in [6.45, 7) is 0. The number of hydrogen-bond donors (Lipinski definition) is 2. The highest BCUT2D eigenvalue weighted by Gasteiger charge is 2.05. The Bertz CT molecular complexity index is 608. The molecule has 0 saturated heterocycles. The van der Waals surface area contributed by atoms with Gasteiger partial charge in [0.25, 0.3) is 5.91 Å². The smallest absolute Gasteiger partial charge is 0.255 e. The molecule has 3 N–H and O–H groups in total. The summed E-state index contributed by atoms with van der Waals surface area (Å²) in [4.78, 5) is 12.3. The van der Waals surface area contributed by atoms with Crippen molar-refractivity contribution in [1.82, 2.24) is 0 Å². The number of carbonyl (C=O) groups excluding carboxylic acids is 1. The molecule has 1 amide bonds. The van der Waals surface area contributed by atoms with Crippen LogP contribution in [0, 0.1) is 3.57 Å². The quantitative estimate of drug-likeness (QED) is 0.634. The number of rotatable bonds is 3. The van der Waals surface area contributed by atoms with E-state index >= 15 is 0 Å². The van der Waals surface area contributed by atoms with Crippen LogP contribution in [0.15, 0.2) is 48.5 Å². The zero-order valence-electron chi connectivity index (χ0n) is 9.89. The van der Waals surface area contributed by atoms with Gasteiger partial charge in [-0.15, -0.1) is 0 Å². The van der Waals surface area contributed by atoms with E-state index in [9.17, 15) is 4.79 Å². The van der Waals surface area contributed by atoms with Gasteiger partial charge in [-0.1, -0.05) is 12.2 Å². The molecule has 0 aromatic heterocycles. The van der Waals surface area contributed by atoms with E-state index in [0.29, 0.717) is 16.2 Å². The topological polar surface area (TPSA) is 55.1 Å². The Balaban J connectivity index is 2.10. The predicted octanol–water partition coefficient (Wildman–Crippen LogP) is 3.18. The van der Waals surface area contributed by atoms with Gasteiger partial charge < -0.3 is 11.1 Å². The van der Waals surface area contributed by atoms with E-state index in [4.69, 9.17) is 18.0 Å². The Morgan fingerprint density at radius 1 is 1.00 bits per heavy atom. The summed E-state index contributed by atoms with van der Waals surface area (Å²) in [5.41, 5.74) is 7.63. The van der Waals surface area contributed by atoms with Crippen LogP contribution in [0.4, 0.5) is 5.69 Å². The van der Waals surface area contributed by atoms with E-state index in [2.05, 4.69) is 27.9 Å². The second-order valence-corrected chi connectivity index (χ2v) is 5.59. The van der Waals surface area contributed by atoms with Gasteiger partial charge in [-0.3, -0.25) is 4.79 Å². The summed E-state index contributed by atoms with van der Waals surface area (Å²) >= 11 is 7.07. The number of hydrogen-bond acceptors (Lipinski definition) is 2. The first-order valence-electron chi connectivity index (χ1n) is 5.53. The van der Waals surface area contributed by atoms with Gasteiger partial charge in [-0.05, 0) is 71.1 Å². The van der Waals surface area contributed by atoms with Gasteiger partial charge in [0.1, 0.15) is 4.99 Å². The zero-order valence-corrected chi connectivity index (χ0v) is 12.9. The summed E-state index contributed by atoms with van der Waals surface area (Å²) in [6.07, 6.45) is 0. The van der Waals surface area contributed by atoms with Crippen molar-refractivity contribution in [2.24, 2.45) is 5.73 Å². The minimum absolute atomic E-state index is 0.139. The van der Waals surface area contributed by atoms with Gasteiger partial charge in [0, 0.05) is 20.4 Å². The number of nitrogens with two attached hydrogens (primary N) is 1. The molecule has 0 spiro atoms. The van der Waals surface area contributed by atoms with Crippen molar-refractivity contribution in [3.05, 3.63) is 63.2 Å². The maximum absolute atomic E-state index is 12.0. The van der Waals surface area contributed by atoms with Crippen LogP contribution in [0.3, 0.4) is 0 Å². The molecular weight excluding hydrogens is 371 g/mol. The maximum Gasteiger partial charge on any atom is 0.255 e. The first-order valence-corrected chi connectivity index (χ1v) is 7.02. The molecule has 2 rings (SSSR count). The lowest BCUT2D eigenvalue weighted by atomic mass is 10.2. The Labute approximate surface area is 130 Å². The standard InChI is InChI=1S/C14H11IN2OS/c15-11-5-1-10(2-6-11)14(18)17-12-7-3-9(4-8-12)13(16)19/h1-8H,(H2,16,19)(H,17,18). The van der Waals surface area contributed by atoms with E-state index in [0.717, 1.165) is 9.13 Å². The average molecular weight is 382 g/mol. The molecule has 0 aliphatic rings. The first-order chi connectivity index (χ1) is 9.06. The molecule has 2 aromatic rings. The van der Waals surface area contributed by atoms with E-state index in [1.807, 2.05) is 12.1 Å². The number of nitrogens with one attached hydrogen (secondary N) is 1. The van der Waals surface area contributed by atoms with E-state index in [-0.39, 0.29) is 5.91 Å². The monoisotopic (exact) mass is 382 g/mol. The second kappa shape index (κ2) is 6.12. The van der Waals surface area contributed by atoms with Crippen LogP contribution >= 0.6 is 34.8 Å². The normalized spacial score (nSPS) is 9.95. The van der Waals surface area contributed by atoms with Crippen molar-refractivity contribution in [2.45, 2.75) is 0 Å². The van der Waals surface area contributed by atoms with Gasteiger partial charge in [0.15, 0.2) is 0 Å². The van der Waals surface area contributed by atoms with Gasteiger partial charge in [0.2, 0.25) is 0 Å². The molecule has 0 bridgehead atoms. The number of amides is 1. The van der Waals surface area contributed by atoms with Gasteiger partial charge in [-0.2, -0.15) is 0 Å². The van der Waals surface area contributed by atoms with Crippen molar-refractivity contribution in [1.29, 1.82) is 0 Å². The van der Waals surface area contributed by atoms with E-state index in [1.165, 1.54) is 0 Å². The lowest BCUT2D eigenvalue weighted by molar-refractivity contribution is 0.102.